The fourth-order valence-corrected chi connectivity index (χ4v) is 4.31. The maximum absolute atomic E-state index is 12.5. The average molecular weight is 328 g/mol. The maximum atomic E-state index is 12.5. The van der Waals surface area contributed by atoms with Crippen molar-refractivity contribution in [3.05, 3.63) is 33.4 Å². The Balaban J connectivity index is 2.31. The van der Waals surface area contributed by atoms with Crippen LogP contribution in [0.4, 0.5) is 5.69 Å². The van der Waals surface area contributed by atoms with Crippen molar-refractivity contribution in [2.45, 2.75) is 56.6 Å². The molecule has 1 aliphatic carbocycles. The second-order valence-corrected chi connectivity index (χ2v) is 7.45. The highest BCUT2D eigenvalue weighted by molar-refractivity contribution is 7.89. The summed E-state index contributed by atoms with van der Waals surface area (Å²) in [6.07, 6.45) is 1.86. The van der Waals surface area contributed by atoms with E-state index in [2.05, 4.69) is 4.72 Å². The number of sulfonamides is 1. The van der Waals surface area contributed by atoms with Gasteiger partial charge in [-0.1, -0.05) is 0 Å². The summed E-state index contributed by atoms with van der Waals surface area (Å²) in [6, 6.07) is 2.22. The van der Waals surface area contributed by atoms with E-state index in [-0.39, 0.29) is 22.7 Å². The van der Waals surface area contributed by atoms with Gasteiger partial charge in [0.25, 0.3) is 5.69 Å². The zero-order valence-electron chi connectivity index (χ0n) is 12.6. The predicted molar refractivity (Wildman–Crippen MR) is 81.2 cm³/mol. The number of non-ortho nitro benzene ring substituents is 1. The van der Waals surface area contributed by atoms with E-state index >= 15 is 0 Å². The van der Waals surface area contributed by atoms with Crippen molar-refractivity contribution < 1.29 is 18.4 Å². The minimum atomic E-state index is -3.82. The molecule has 1 saturated carbocycles. The van der Waals surface area contributed by atoms with Crippen molar-refractivity contribution >= 4 is 15.7 Å². The molecule has 1 aliphatic rings. The van der Waals surface area contributed by atoms with Gasteiger partial charge in [-0.2, -0.15) is 0 Å². The second kappa shape index (κ2) is 6.31. The number of aliphatic hydroxyl groups is 1. The number of nitro benzene ring substituents is 1. The molecule has 0 heterocycles. The molecule has 8 heteroatoms. The number of nitrogens with one attached hydrogen (secondary N) is 1. The van der Waals surface area contributed by atoms with Crippen LogP contribution in [0.1, 0.15) is 36.8 Å². The van der Waals surface area contributed by atoms with E-state index in [9.17, 15) is 23.6 Å². The van der Waals surface area contributed by atoms with E-state index in [1.54, 1.807) is 13.8 Å². The summed E-state index contributed by atoms with van der Waals surface area (Å²) >= 11 is 0. The molecule has 1 aromatic carbocycles. The molecule has 22 heavy (non-hydrogen) atoms. The molecule has 0 aliphatic heterocycles. The number of nitrogens with zero attached hydrogens (tertiary/aromatic N) is 1. The minimum Gasteiger partial charge on any atom is -0.393 e. The van der Waals surface area contributed by atoms with Crippen molar-refractivity contribution in [2.24, 2.45) is 0 Å². The van der Waals surface area contributed by atoms with Gasteiger partial charge in [-0.25, -0.2) is 13.1 Å². The summed E-state index contributed by atoms with van der Waals surface area (Å²) in [5.41, 5.74) is 0.838. The smallest absolute Gasteiger partial charge is 0.271 e. The lowest BCUT2D eigenvalue weighted by Gasteiger charge is -2.26. The quantitative estimate of drug-likeness (QED) is 0.647. The number of hydrogen-bond donors (Lipinski definition) is 2. The number of aliphatic hydroxyl groups excluding tert-OH is 1. The largest absolute Gasteiger partial charge is 0.393 e. The molecule has 122 valence electrons. The molecule has 2 rings (SSSR count). The molecule has 0 spiro atoms. The molecule has 2 N–H and O–H groups in total. The first-order valence-electron chi connectivity index (χ1n) is 7.16. The lowest BCUT2D eigenvalue weighted by atomic mass is 9.94. The third-order valence-electron chi connectivity index (χ3n) is 4.12. The Morgan fingerprint density at radius 1 is 1.23 bits per heavy atom. The SMILES string of the molecule is Cc1cc([N+](=O)[O-])cc(S(=O)(=O)NC2CCC(O)CC2)c1C. The zero-order chi connectivity index (χ0) is 16.5. The molecule has 0 radical (unpaired) electrons. The maximum Gasteiger partial charge on any atom is 0.271 e. The van der Waals surface area contributed by atoms with Crippen LogP contribution in [-0.4, -0.2) is 30.6 Å². The van der Waals surface area contributed by atoms with Gasteiger partial charge in [0.2, 0.25) is 10.0 Å². The van der Waals surface area contributed by atoms with Crippen molar-refractivity contribution in [3.8, 4) is 0 Å². The third kappa shape index (κ3) is 3.63. The topological polar surface area (TPSA) is 110 Å². The summed E-state index contributed by atoms with van der Waals surface area (Å²) in [5.74, 6) is 0. The summed E-state index contributed by atoms with van der Waals surface area (Å²) < 4.78 is 27.7. The van der Waals surface area contributed by atoms with Gasteiger partial charge in [-0.05, 0) is 50.7 Å². The first-order chi connectivity index (χ1) is 10.2. The standard InChI is InChI=1S/C14H20N2O5S/c1-9-7-12(16(18)19)8-14(10(9)2)22(20,21)15-11-3-5-13(17)6-4-11/h7-8,11,13,15,17H,3-6H2,1-2H3. The van der Waals surface area contributed by atoms with Crippen LogP contribution in [0.5, 0.6) is 0 Å². The lowest BCUT2D eigenvalue weighted by Crippen LogP contribution is -2.38. The monoisotopic (exact) mass is 328 g/mol. The molecule has 0 saturated heterocycles. The van der Waals surface area contributed by atoms with Gasteiger partial charge in [0.05, 0.1) is 15.9 Å². The van der Waals surface area contributed by atoms with Gasteiger partial charge in [-0.15, -0.1) is 0 Å². The van der Waals surface area contributed by atoms with Crippen LogP contribution in [-0.2, 0) is 10.0 Å². The molecular formula is C14H20N2O5S. The van der Waals surface area contributed by atoms with Crippen LogP contribution in [0.25, 0.3) is 0 Å². The number of hydrogen-bond acceptors (Lipinski definition) is 5. The average Bonchev–Trinajstić information content (AvgIpc) is 2.43. The highest BCUT2D eigenvalue weighted by Crippen LogP contribution is 2.27. The molecule has 7 nitrogen and oxygen atoms in total. The van der Waals surface area contributed by atoms with Gasteiger partial charge in [-0.3, -0.25) is 10.1 Å². The number of benzene rings is 1. The first-order valence-corrected chi connectivity index (χ1v) is 8.65. The van der Waals surface area contributed by atoms with Gasteiger partial charge in [0.1, 0.15) is 0 Å². The Morgan fingerprint density at radius 3 is 2.36 bits per heavy atom. The van der Waals surface area contributed by atoms with Crippen LogP contribution in [0.3, 0.4) is 0 Å². The summed E-state index contributed by atoms with van der Waals surface area (Å²) in [6.45, 7) is 3.29. The van der Waals surface area contributed by atoms with Crippen LogP contribution in [0, 0.1) is 24.0 Å². The van der Waals surface area contributed by atoms with Gasteiger partial charge in [0, 0.05) is 18.2 Å². The molecule has 0 atom stereocenters. The molecule has 1 fully saturated rings. The molecule has 0 amide bonds. The third-order valence-corrected chi connectivity index (χ3v) is 5.77. The van der Waals surface area contributed by atoms with Crippen LogP contribution in [0.15, 0.2) is 17.0 Å². The Kier molecular flexibility index (Phi) is 4.84. The Hall–Kier alpha value is -1.51. The van der Waals surface area contributed by atoms with Crippen molar-refractivity contribution in [1.82, 2.24) is 4.72 Å². The fraction of sp³-hybridized carbons (Fsp3) is 0.571. The van der Waals surface area contributed by atoms with Crippen LogP contribution >= 0.6 is 0 Å². The van der Waals surface area contributed by atoms with E-state index in [1.165, 1.54) is 6.07 Å². The summed E-state index contributed by atoms with van der Waals surface area (Å²) in [4.78, 5) is 10.3. The molecule has 1 aromatic rings. The van der Waals surface area contributed by atoms with Crippen molar-refractivity contribution in [1.29, 1.82) is 0 Å². The van der Waals surface area contributed by atoms with E-state index in [4.69, 9.17) is 0 Å². The Bertz CT molecular complexity index is 679. The number of rotatable bonds is 4. The van der Waals surface area contributed by atoms with Gasteiger partial charge in [0.15, 0.2) is 0 Å². The molecular weight excluding hydrogens is 308 g/mol. The Morgan fingerprint density at radius 2 is 1.82 bits per heavy atom. The second-order valence-electron chi connectivity index (χ2n) is 5.77. The van der Waals surface area contributed by atoms with Crippen LogP contribution in [0.2, 0.25) is 0 Å². The van der Waals surface area contributed by atoms with Crippen molar-refractivity contribution in [2.75, 3.05) is 0 Å². The highest BCUT2D eigenvalue weighted by atomic mass is 32.2. The highest BCUT2D eigenvalue weighted by Gasteiger charge is 2.27. The normalized spacial score (nSPS) is 22.5. The minimum absolute atomic E-state index is 0.0506. The summed E-state index contributed by atoms with van der Waals surface area (Å²) in [7, 11) is -3.82. The molecule has 0 aromatic heterocycles. The molecule has 0 unspecified atom stereocenters. The van der Waals surface area contributed by atoms with Gasteiger partial charge < -0.3 is 5.11 Å². The van der Waals surface area contributed by atoms with Gasteiger partial charge >= 0.3 is 0 Å². The first kappa shape index (κ1) is 16.9. The molecule has 0 bridgehead atoms. The van der Waals surface area contributed by atoms with E-state index in [0.717, 1.165) is 6.07 Å². The van der Waals surface area contributed by atoms with Crippen LogP contribution < -0.4 is 4.72 Å². The predicted octanol–water partition coefficient (Wildman–Crippen LogP) is 1.79. The number of aryl methyl sites for hydroxylation is 1. The Labute approximate surface area is 129 Å². The van der Waals surface area contributed by atoms with E-state index < -0.39 is 14.9 Å². The summed E-state index contributed by atoms with van der Waals surface area (Å²) in [5, 5.41) is 20.4. The van der Waals surface area contributed by atoms with Crippen molar-refractivity contribution in [3.63, 3.8) is 0 Å². The fourth-order valence-electron chi connectivity index (χ4n) is 2.67. The number of nitro groups is 1. The van der Waals surface area contributed by atoms with E-state index in [0.29, 0.717) is 36.8 Å². The lowest BCUT2D eigenvalue weighted by molar-refractivity contribution is -0.385. The zero-order valence-corrected chi connectivity index (χ0v) is 13.4. The van der Waals surface area contributed by atoms with E-state index in [1.807, 2.05) is 0 Å².